The molecule has 1 aromatic rings. The van der Waals surface area contributed by atoms with E-state index in [0.29, 0.717) is 0 Å². The molecule has 0 aliphatic carbocycles. The van der Waals surface area contributed by atoms with Crippen LogP contribution in [0.2, 0.25) is 0 Å². The Labute approximate surface area is 95.0 Å². The Kier molecular flexibility index (Phi) is 4.38. The van der Waals surface area contributed by atoms with Crippen LogP contribution >= 0.6 is 0 Å². The highest BCUT2D eigenvalue weighted by molar-refractivity contribution is 5.78. The lowest BCUT2D eigenvalue weighted by Crippen LogP contribution is -2.27. The Bertz CT molecular complexity index is 394. The number of carboxylic acids is 1. The summed E-state index contributed by atoms with van der Waals surface area (Å²) in [7, 11) is 0. The fraction of sp³-hybridized carbons (Fsp3) is 0.200. The molecule has 0 radical (unpaired) electrons. The molecule has 1 unspecified atom stereocenters. The lowest BCUT2D eigenvalue weighted by molar-refractivity contribution is -0.140. The molecule has 92 valence electrons. The van der Waals surface area contributed by atoms with Crippen LogP contribution in [-0.2, 0) is 9.59 Å². The average molecular weight is 245 g/mol. The maximum atomic E-state index is 11.9. The molecule has 1 aromatic carbocycles. The standard InChI is InChI=1S/C10H9F2NO4/c11-10(12)17-7-3-1-6(2-4-7)8(9(15)16)13-5-14/h1-5,8,10H,(H,13,14)(H,15,16). The van der Waals surface area contributed by atoms with Crippen LogP contribution in [-0.4, -0.2) is 24.1 Å². The molecule has 7 heteroatoms. The monoisotopic (exact) mass is 245 g/mol. The summed E-state index contributed by atoms with van der Waals surface area (Å²) in [5.74, 6) is -1.33. The van der Waals surface area contributed by atoms with E-state index >= 15 is 0 Å². The summed E-state index contributed by atoms with van der Waals surface area (Å²) in [6, 6.07) is 3.75. The van der Waals surface area contributed by atoms with Gasteiger partial charge in [-0.05, 0) is 17.7 Å². The molecule has 0 aliphatic rings. The largest absolute Gasteiger partial charge is 0.479 e. The van der Waals surface area contributed by atoms with Crippen LogP contribution in [0.1, 0.15) is 11.6 Å². The summed E-state index contributed by atoms with van der Waals surface area (Å²) in [5, 5.41) is 10.9. The van der Waals surface area contributed by atoms with Gasteiger partial charge >= 0.3 is 12.6 Å². The Morgan fingerprint density at radius 2 is 1.94 bits per heavy atom. The van der Waals surface area contributed by atoms with Crippen LogP contribution < -0.4 is 10.1 Å². The molecular formula is C10H9F2NO4. The van der Waals surface area contributed by atoms with Gasteiger partial charge in [0.25, 0.3) is 0 Å². The minimum Gasteiger partial charge on any atom is -0.479 e. The number of halogens is 2. The molecule has 2 N–H and O–H groups in total. The van der Waals surface area contributed by atoms with E-state index in [-0.39, 0.29) is 17.7 Å². The second-order valence-electron chi connectivity index (χ2n) is 3.00. The number of rotatable bonds is 6. The summed E-state index contributed by atoms with van der Waals surface area (Å²) in [6.45, 7) is -2.94. The van der Waals surface area contributed by atoms with Crippen molar-refractivity contribution in [2.75, 3.05) is 0 Å². The average Bonchev–Trinajstić information content (AvgIpc) is 2.26. The fourth-order valence-electron chi connectivity index (χ4n) is 1.22. The zero-order valence-electron chi connectivity index (χ0n) is 8.47. The highest BCUT2D eigenvalue weighted by Gasteiger charge is 2.18. The number of aliphatic carboxylic acids is 1. The highest BCUT2D eigenvalue weighted by atomic mass is 19.3. The van der Waals surface area contributed by atoms with Gasteiger partial charge in [0, 0.05) is 0 Å². The molecule has 0 spiro atoms. The van der Waals surface area contributed by atoms with E-state index in [2.05, 4.69) is 10.1 Å². The van der Waals surface area contributed by atoms with E-state index in [1.807, 2.05) is 0 Å². The predicted molar refractivity (Wildman–Crippen MR) is 52.7 cm³/mol. The number of benzene rings is 1. The van der Waals surface area contributed by atoms with Crippen LogP contribution in [0.5, 0.6) is 5.75 Å². The number of carbonyl (C=O) groups excluding carboxylic acids is 1. The normalized spacial score (nSPS) is 11.9. The molecule has 0 saturated heterocycles. The minimum atomic E-state index is -2.94. The Morgan fingerprint density at radius 1 is 1.35 bits per heavy atom. The molecular weight excluding hydrogens is 236 g/mol. The molecule has 1 amide bonds. The van der Waals surface area contributed by atoms with Crippen molar-refractivity contribution < 1.29 is 28.2 Å². The van der Waals surface area contributed by atoms with Gasteiger partial charge in [0.15, 0.2) is 6.04 Å². The molecule has 0 heterocycles. The van der Waals surface area contributed by atoms with E-state index in [4.69, 9.17) is 5.11 Å². The zero-order chi connectivity index (χ0) is 12.8. The number of hydrogen-bond acceptors (Lipinski definition) is 3. The smallest absolute Gasteiger partial charge is 0.387 e. The third-order valence-corrected chi connectivity index (χ3v) is 1.92. The zero-order valence-corrected chi connectivity index (χ0v) is 8.47. The number of nitrogens with one attached hydrogen (secondary N) is 1. The van der Waals surface area contributed by atoms with Crippen molar-refractivity contribution in [2.24, 2.45) is 0 Å². The summed E-state index contributed by atoms with van der Waals surface area (Å²) in [6.07, 6.45) is 0.252. The molecule has 0 aromatic heterocycles. The molecule has 5 nitrogen and oxygen atoms in total. The first-order chi connectivity index (χ1) is 8.04. The topological polar surface area (TPSA) is 75.6 Å². The molecule has 1 rings (SSSR count). The van der Waals surface area contributed by atoms with Crippen LogP contribution in [0.3, 0.4) is 0 Å². The van der Waals surface area contributed by atoms with Gasteiger partial charge in [-0.25, -0.2) is 4.79 Å². The van der Waals surface area contributed by atoms with Gasteiger partial charge in [-0.1, -0.05) is 12.1 Å². The molecule has 0 fully saturated rings. The van der Waals surface area contributed by atoms with Gasteiger partial charge in [-0.15, -0.1) is 0 Å². The summed E-state index contributed by atoms with van der Waals surface area (Å²) >= 11 is 0. The van der Waals surface area contributed by atoms with E-state index in [0.717, 1.165) is 0 Å². The number of alkyl halides is 2. The van der Waals surface area contributed by atoms with Crippen molar-refractivity contribution in [1.82, 2.24) is 5.32 Å². The second-order valence-corrected chi connectivity index (χ2v) is 3.00. The lowest BCUT2D eigenvalue weighted by atomic mass is 10.1. The van der Waals surface area contributed by atoms with Crippen molar-refractivity contribution in [1.29, 1.82) is 0 Å². The van der Waals surface area contributed by atoms with Crippen molar-refractivity contribution in [3.8, 4) is 5.75 Å². The molecule has 1 atom stereocenters. The Morgan fingerprint density at radius 3 is 2.35 bits per heavy atom. The molecule has 0 aliphatic heterocycles. The van der Waals surface area contributed by atoms with Crippen LogP contribution in [0.4, 0.5) is 8.78 Å². The van der Waals surface area contributed by atoms with Crippen molar-refractivity contribution >= 4 is 12.4 Å². The number of amides is 1. The van der Waals surface area contributed by atoms with Crippen molar-refractivity contribution in [3.05, 3.63) is 29.8 Å². The van der Waals surface area contributed by atoms with Crippen LogP contribution in [0.25, 0.3) is 0 Å². The summed E-state index contributed by atoms with van der Waals surface area (Å²) < 4.78 is 27.8. The third kappa shape index (κ3) is 3.71. The van der Waals surface area contributed by atoms with Gasteiger partial charge in [-0.3, -0.25) is 4.79 Å². The van der Waals surface area contributed by atoms with Gasteiger partial charge in [0.05, 0.1) is 0 Å². The van der Waals surface area contributed by atoms with E-state index < -0.39 is 18.6 Å². The number of carboxylic acid groups (broad SMARTS) is 1. The number of carbonyl (C=O) groups is 2. The third-order valence-electron chi connectivity index (χ3n) is 1.92. The Hall–Kier alpha value is -2.18. The Balaban J connectivity index is 2.84. The van der Waals surface area contributed by atoms with E-state index in [9.17, 15) is 18.4 Å². The molecule has 0 saturated carbocycles. The van der Waals surface area contributed by atoms with E-state index in [1.165, 1.54) is 24.3 Å². The van der Waals surface area contributed by atoms with Gasteiger partial charge in [0.2, 0.25) is 6.41 Å². The second kappa shape index (κ2) is 5.78. The lowest BCUT2D eigenvalue weighted by Gasteiger charge is -2.12. The first kappa shape index (κ1) is 12.9. The van der Waals surface area contributed by atoms with Crippen LogP contribution in [0, 0.1) is 0 Å². The minimum absolute atomic E-state index is 0.0843. The van der Waals surface area contributed by atoms with Gasteiger partial charge in [0.1, 0.15) is 5.75 Å². The number of ether oxygens (including phenoxy) is 1. The van der Waals surface area contributed by atoms with Gasteiger partial charge < -0.3 is 15.2 Å². The molecule has 17 heavy (non-hydrogen) atoms. The first-order valence-electron chi connectivity index (χ1n) is 4.52. The maximum Gasteiger partial charge on any atom is 0.387 e. The molecule has 0 bridgehead atoms. The SMILES string of the molecule is O=CNC(C(=O)O)c1ccc(OC(F)F)cc1. The quantitative estimate of drug-likeness (QED) is 0.737. The summed E-state index contributed by atoms with van der Waals surface area (Å²) in [4.78, 5) is 21.0. The van der Waals surface area contributed by atoms with Crippen molar-refractivity contribution in [2.45, 2.75) is 12.7 Å². The predicted octanol–water partition coefficient (Wildman–Crippen LogP) is 1.16. The van der Waals surface area contributed by atoms with Gasteiger partial charge in [-0.2, -0.15) is 8.78 Å². The number of hydrogen-bond donors (Lipinski definition) is 2. The van der Waals surface area contributed by atoms with E-state index in [1.54, 1.807) is 0 Å². The first-order valence-corrected chi connectivity index (χ1v) is 4.52. The van der Waals surface area contributed by atoms with Crippen LogP contribution in [0.15, 0.2) is 24.3 Å². The maximum absolute atomic E-state index is 11.9. The van der Waals surface area contributed by atoms with Crippen molar-refractivity contribution in [3.63, 3.8) is 0 Å². The highest BCUT2D eigenvalue weighted by Crippen LogP contribution is 2.19. The summed E-state index contributed by atoms with van der Waals surface area (Å²) in [5.41, 5.74) is 0.256. The fourth-order valence-corrected chi connectivity index (χ4v) is 1.22.